The first kappa shape index (κ1) is 27.4. The smallest absolute Gasteiger partial charge is 0.144 e. The quantitative estimate of drug-likeness (QED) is 0.168. The van der Waals surface area contributed by atoms with Crippen LogP contribution in [0, 0.1) is 0 Å². The number of phenolic OH excluding ortho intramolecular Hbond substituents is 2. The van der Waals surface area contributed by atoms with Crippen LogP contribution in [0.3, 0.4) is 0 Å². The molecule has 6 rings (SSSR count). The number of rotatable bonds is 8. The third kappa shape index (κ3) is 6.26. The van der Waals surface area contributed by atoms with Gasteiger partial charge in [0.1, 0.15) is 17.2 Å². The number of benzene rings is 2. The van der Waals surface area contributed by atoms with Crippen LogP contribution in [0.1, 0.15) is 25.0 Å². The first-order valence-corrected chi connectivity index (χ1v) is 16.3. The molecule has 2 aromatic carbocycles. The lowest BCUT2D eigenvalue weighted by atomic mass is 10.1. The van der Waals surface area contributed by atoms with E-state index in [1.165, 1.54) is 19.5 Å². The van der Waals surface area contributed by atoms with Crippen molar-refractivity contribution in [2.45, 2.75) is 19.5 Å². The summed E-state index contributed by atoms with van der Waals surface area (Å²) in [5.74, 6) is 0.325. The molecule has 6 aromatic rings. The van der Waals surface area contributed by atoms with Gasteiger partial charge in [-0.2, -0.15) is 0 Å². The van der Waals surface area contributed by atoms with Gasteiger partial charge in [-0.3, -0.25) is 9.98 Å². The van der Waals surface area contributed by atoms with E-state index in [9.17, 15) is 10.2 Å². The molecule has 4 heterocycles. The summed E-state index contributed by atoms with van der Waals surface area (Å²) >= 11 is 6.91. The lowest BCUT2D eigenvalue weighted by Crippen LogP contribution is -2.13. The molecule has 0 saturated heterocycles. The fraction of sp³-hybridized carbons (Fsp3) is 0.0909. The van der Waals surface area contributed by atoms with Crippen molar-refractivity contribution in [1.29, 1.82) is 0 Å². The lowest BCUT2D eigenvalue weighted by molar-refractivity contribution is 0.474. The molecule has 4 nitrogen and oxygen atoms in total. The largest absolute Gasteiger partial charge is 0.507 e. The monoisotopic (exact) mass is 610 g/mol. The molecule has 0 spiro atoms. The molecule has 4 aromatic heterocycles. The molecule has 0 atom stereocenters. The van der Waals surface area contributed by atoms with Gasteiger partial charge in [-0.05, 0) is 109 Å². The standard InChI is InChI=1S/C33H26N2O2S4/c1-33(2,34-19-23-17-21(7-9-25(23)36)27-11-13-31(40-27)29-5-3-15-38-29)35-20-24-18-22(8-10-26(24)37)28-12-14-32(41-28)30-6-4-16-39-30/h3-20,36-37H,1-2H3/b34-19+,35-20+. The van der Waals surface area contributed by atoms with Crippen molar-refractivity contribution in [2.24, 2.45) is 9.98 Å². The topological polar surface area (TPSA) is 65.2 Å². The maximum atomic E-state index is 10.5. The van der Waals surface area contributed by atoms with Gasteiger partial charge in [-0.15, -0.1) is 45.3 Å². The minimum atomic E-state index is -0.810. The summed E-state index contributed by atoms with van der Waals surface area (Å²) in [5.41, 5.74) is 2.49. The summed E-state index contributed by atoms with van der Waals surface area (Å²) in [5, 5.41) is 25.2. The summed E-state index contributed by atoms with van der Waals surface area (Å²) in [4.78, 5) is 16.5. The number of thiophene rings is 4. The fourth-order valence-electron chi connectivity index (χ4n) is 4.20. The van der Waals surface area contributed by atoms with E-state index in [1.54, 1.807) is 69.9 Å². The van der Waals surface area contributed by atoms with Gasteiger partial charge in [0.05, 0.1) is 0 Å². The average Bonchev–Trinajstić information content (AvgIpc) is 3.79. The molecule has 2 N–H and O–H groups in total. The van der Waals surface area contributed by atoms with Crippen molar-refractivity contribution in [3.63, 3.8) is 0 Å². The highest BCUT2D eigenvalue weighted by Gasteiger charge is 2.15. The predicted octanol–water partition coefficient (Wildman–Crippen LogP) is 10.3. The van der Waals surface area contributed by atoms with Crippen LogP contribution in [0.5, 0.6) is 11.5 Å². The molecule has 0 amide bonds. The minimum absolute atomic E-state index is 0.163. The Morgan fingerprint density at radius 2 is 1.00 bits per heavy atom. The van der Waals surface area contributed by atoms with Crippen molar-refractivity contribution in [3.8, 4) is 51.9 Å². The first-order valence-electron chi connectivity index (χ1n) is 12.9. The summed E-state index contributed by atoms with van der Waals surface area (Å²) in [6.45, 7) is 3.78. The molecular weight excluding hydrogens is 585 g/mol. The Morgan fingerprint density at radius 1 is 0.561 bits per heavy atom. The van der Waals surface area contributed by atoms with E-state index in [0.29, 0.717) is 11.1 Å². The Balaban J connectivity index is 1.20. The molecule has 8 heteroatoms. The van der Waals surface area contributed by atoms with E-state index in [0.717, 1.165) is 20.9 Å². The number of aromatic hydroxyl groups is 2. The number of phenols is 2. The van der Waals surface area contributed by atoms with Gasteiger partial charge in [0.25, 0.3) is 0 Å². The van der Waals surface area contributed by atoms with E-state index in [1.807, 2.05) is 38.1 Å². The molecule has 0 radical (unpaired) electrons. The Labute approximate surface area is 254 Å². The first-order chi connectivity index (χ1) is 19.8. The third-order valence-corrected chi connectivity index (χ3v) is 10.8. The van der Waals surface area contributed by atoms with Crippen LogP contribution in [-0.2, 0) is 0 Å². The fourth-order valence-corrected chi connectivity index (χ4v) is 7.87. The summed E-state index contributed by atoms with van der Waals surface area (Å²) < 4.78 is 0. The van der Waals surface area contributed by atoms with Crippen molar-refractivity contribution >= 4 is 57.8 Å². The van der Waals surface area contributed by atoms with Crippen LogP contribution >= 0.6 is 45.3 Å². The lowest BCUT2D eigenvalue weighted by Gasteiger charge is -2.14. The van der Waals surface area contributed by atoms with E-state index < -0.39 is 5.66 Å². The highest BCUT2D eigenvalue weighted by atomic mass is 32.1. The van der Waals surface area contributed by atoms with Gasteiger partial charge in [-0.25, -0.2) is 0 Å². The van der Waals surface area contributed by atoms with Crippen LogP contribution in [-0.4, -0.2) is 28.3 Å². The van der Waals surface area contributed by atoms with Crippen molar-refractivity contribution < 1.29 is 10.2 Å². The molecule has 0 saturated carbocycles. The third-order valence-electron chi connectivity index (χ3n) is 6.40. The Kier molecular flexibility index (Phi) is 7.73. The second kappa shape index (κ2) is 11.6. The molecule has 41 heavy (non-hydrogen) atoms. The summed E-state index contributed by atoms with van der Waals surface area (Å²) in [6, 6.07) is 28.0. The van der Waals surface area contributed by atoms with Crippen LogP contribution in [0.25, 0.3) is 40.4 Å². The second-order valence-electron chi connectivity index (χ2n) is 9.84. The highest BCUT2D eigenvalue weighted by molar-refractivity contribution is 7.23. The maximum absolute atomic E-state index is 10.5. The van der Waals surface area contributed by atoms with Crippen LogP contribution in [0.4, 0.5) is 0 Å². The van der Waals surface area contributed by atoms with E-state index in [-0.39, 0.29) is 11.5 Å². The van der Waals surface area contributed by atoms with Gasteiger partial charge in [-0.1, -0.05) is 12.1 Å². The summed E-state index contributed by atoms with van der Waals surface area (Å²) in [7, 11) is 0. The number of nitrogens with zero attached hydrogens (tertiary/aromatic N) is 2. The highest BCUT2D eigenvalue weighted by Crippen LogP contribution is 2.39. The molecule has 0 unspecified atom stereocenters. The maximum Gasteiger partial charge on any atom is 0.144 e. The van der Waals surface area contributed by atoms with Crippen molar-refractivity contribution in [3.05, 3.63) is 107 Å². The zero-order chi connectivity index (χ0) is 28.4. The Hall–Kier alpha value is -3.82. The SMILES string of the molecule is CC(C)(/N=C/c1cc(-c2ccc(-c3cccs3)s2)ccc1O)/N=C/c1cc(-c2ccc(-c3cccs3)s2)ccc1O. The zero-order valence-electron chi connectivity index (χ0n) is 22.3. The van der Waals surface area contributed by atoms with Crippen LogP contribution in [0.15, 0.2) is 106 Å². The van der Waals surface area contributed by atoms with Gasteiger partial charge < -0.3 is 10.2 Å². The Bertz CT molecular complexity index is 1710. The molecule has 0 aliphatic carbocycles. The number of hydrogen-bond acceptors (Lipinski definition) is 8. The van der Waals surface area contributed by atoms with Gasteiger partial charge >= 0.3 is 0 Å². The normalized spacial score (nSPS) is 12.1. The van der Waals surface area contributed by atoms with Crippen molar-refractivity contribution in [2.75, 3.05) is 0 Å². The van der Waals surface area contributed by atoms with E-state index >= 15 is 0 Å². The Morgan fingerprint density at radius 3 is 1.41 bits per heavy atom. The molecule has 0 fully saturated rings. The minimum Gasteiger partial charge on any atom is -0.507 e. The van der Waals surface area contributed by atoms with E-state index in [2.05, 4.69) is 69.3 Å². The van der Waals surface area contributed by atoms with Crippen LogP contribution < -0.4 is 0 Å². The van der Waals surface area contributed by atoms with Gasteiger partial charge in [0.15, 0.2) is 0 Å². The molecule has 0 aliphatic heterocycles. The predicted molar refractivity (Wildman–Crippen MR) is 179 cm³/mol. The molecular formula is C33H26N2O2S4. The van der Waals surface area contributed by atoms with E-state index in [4.69, 9.17) is 0 Å². The zero-order valence-corrected chi connectivity index (χ0v) is 25.6. The number of aliphatic imine (C=N–C) groups is 2. The van der Waals surface area contributed by atoms with Crippen LogP contribution in [0.2, 0.25) is 0 Å². The molecule has 204 valence electrons. The summed E-state index contributed by atoms with van der Waals surface area (Å²) in [6.07, 6.45) is 3.33. The molecule has 0 bridgehead atoms. The van der Waals surface area contributed by atoms with Gasteiger partial charge in [0.2, 0.25) is 0 Å². The second-order valence-corrected chi connectivity index (χ2v) is 13.9. The average molecular weight is 611 g/mol. The van der Waals surface area contributed by atoms with Crippen molar-refractivity contribution in [1.82, 2.24) is 0 Å². The van der Waals surface area contributed by atoms with Gasteiger partial charge in [0, 0.05) is 52.8 Å². The number of hydrogen-bond donors (Lipinski definition) is 2. The molecule has 0 aliphatic rings.